The van der Waals surface area contributed by atoms with E-state index in [1.165, 1.54) is 16.7 Å². The van der Waals surface area contributed by atoms with E-state index >= 15 is 0 Å². The number of hydrogen-bond donors (Lipinski definition) is 3. The van der Waals surface area contributed by atoms with Gasteiger partial charge < -0.3 is 20.3 Å². The molecule has 1 aromatic carbocycles. The number of carbonyl (C=O) groups excluding carboxylic acids is 1. The molecule has 0 saturated carbocycles. The first kappa shape index (κ1) is 19.5. The van der Waals surface area contributed by atoms with Crippen LogP contribution in [0.2, 0.25) is 0 Å². The lowest BCUT2D eigenvalue weighted by atomic mass is 10.0. The number of fused-ring (bicyclic) bond motifs is 1. The first-order valence-electron chi connectivity index (χ1n) is 10.1. The van der Waals surface area contributed by atoms with Gasteiger partial charge in [-0.25, -0.2) is 4.98 Å². The number of aliphatic hydroxyl groups excluding tert-OH is 1. The average Bonchev–Trinajstić information content (AvgIpc) is 2.95. The number of aromatic amines is 1. The van der Waals surface area contributed by atoms with Gasteiger partial charge in [-0.3, -0.25) is 4.79 Å². The van der Waals surface area contributed by atoms with Crippen molar-refractivity contribution in [1.82, 2.24) is 14.9 Å². The monoisotopic (exact) mass is 392 g/mol. The highest BCUT2D eigenvalue weighted by Crippen LogP contribution is 2.29. The van der Waals surface area contributed by atoms with Gasteiger partial charge in [0, 0.05) is 24.2 Å². The number of nitrogens with zero attached hydrogens (tertiary/aromatic N) is 2. The molecule has 6 nitrogen and oxygen atoms in total. The van der Waals surface area contributed by atoms with Gasteiger partial charge in [-0.05, 0) is 62.4 Å². The lowest BCUT2D eigenvalue weighted by molar-refractivity contribution is 0.0291. The fraction of sp³-hybridized carbons (Fsp3) is 0.391. The summed E-state index contributed by atoms with van der Waals surface area (Å²) in [5.74, 6) is 0.566. The topological polar surface area (TPSA) is 81.2 Å². The predicted molar refractivity (Wildman–Crippen MR) is 115 cm³/mol. The van der Waals surface area contributed by atoms with Gasteiger partial charge >= 0.3 is 0 Å². The van der Waals surface area contributed by atoms with E-state index in [-0.39, 0.29) is 18.6 Å². The van der Waals surface area contributed by atoms with E-state index in [2.05, 4.69) is 54.3 Å². The first-order valence-corrected chi connectivity index (χ1v) is 10.1. The van der Waals surface area contributed by atoms with Crippen molar-refractivity contribution in [3.8, 4) is 0 Å². The summed E-state index contributed by atoms with van der Waals surface area (Å²) in [7, 11) is 0. The summed E-state index contributed by atoms with van der Waals surface area (Å²) in [4.78, 5) is 22.8. The Labute approximate surface area is 171 Å². The number of pyridine rings is 1. The zero-order valence-corrected chi connectivity index (χ0v) is 17.5. The molecule has 3 aromatic rings. The third kappa shape index (κ3) is 3.38. The lowest BCUT2D eigenvalue weighted by Crippen LogP contribution is -2.53. The van der Waals surface area contributed by atoms with Crippen molar-refractivity contribution in [2.45, 2.75) is 46.7 Å². The lowest BCUT2D eigenvalue weighted by Gasteiger charge is -2.39. The Morgan fingerprint density at radius 1 is 1.28 bits per heavy atom. The van der Waals surface area contributed by atoms with Crippen LogP contribution in [0.3, 0.4) is 0 Å². The third-order valence-corrected chi connectivity index (χ3v) is 6.21. The van der Waals surface area contributed by atoms with Crippen LogP contribution in [0, 0.1) is 27.7 Å². The molecule has 1 aliphatic heterocycles. The van der Waals surface area contributed by atoms with Crippen LogP contribution in [0.1, 0.15) is 44.9 Å². The van der Waals surface area contributed by atoms with E-state index in [1.807, 2.05) is 13.0 Å². The molecule has 3 N–H and O–H groups in total. The molecular weight excluding hydrogens is 364 g/mol. The number of hydrogen-bond acceptors (Lipinski definition) is 4. The molecule has 3 heterocycles. The van der Waals surface area contributed by atoms with Crippen molar-refractivity contribution in [2.75, 3.05) is 18.5 Å². The van der Waals surface area contributed by atoms with Gasteiger partial charge in [-0.2, -0.15) is 0 Å². The Balaban J connectivity index is 1.72. The Morgan fingerprint density at radius 2 is 2.00 bits per heavy atom. The number of amides is 1. The van der Waals surface area contributed by atoms with Gasteiger partial charge in [0.25, 0.3) is 5.91 Å². The van der Waals surface area contributed by atoms with Crippen LogP contribution in [0.15, 0.2) is 24.3 Å². The van der Waals surface area contributed by atoms with Crippen LogP contribution >= 0.6 is 0 Å². The minimum absolute atomic E-state index is 0.00601. The van der Waals surface area contributed by atoms with Crippen molar-refractivity contribution in [3.63, 3.8) is 0 Å². The minimum atomic E-state index is -0.120. The number of aryl methyl sites for hydroxylation is 4. The van der Waals surface area contributed by atoms with Crippen LogP contribution < -0.4 is 5.32 Å². The molecule has 1 fully saturated rings. The molecule has 0 aliphatic carbocycles. The van der Waals surface area contributed by atoms with Gasteiger partial charge in [-0.15, -0.1) is 0 Å². The molecule has 0 spiro atoms. The van der Waals surface area contributed by atoms with E-state index in [1.54, 1.807) is 4.90 Å². The number of H-pyrrole nitrogens is 1. The van der Waals surface area contributed by atoms with Gasteiger partial charge in [0.15, 0.2) is 5.82 Å². The zero-order valence-electron chi connectivity index (χ0n) is 17.5. The molecule has 0 radical (unpaired) electrons. The SMILES string of the molecule is Cc1cccc(C)c1CNc1nc(C(=O)N2CCC2CO)cc2c(C)c(C)[nH]c12. The van der Waals surface area contributed by atoms with E-state index in [9.17, 15) is 9.90 Å². The van der Waals surface area contributed by atoms with E-state index in [0.29, 0.717) is 24.6 Å². The van der Waals surface area contributed by atoms with Crippen molar-refractivity contribution < 1.29 is 9.90 Å². The normalized spacial score (nSPS) is 16.2. The maximum absolute atomic E-state index is 13.0. The molecule has 1 saturated heterocycles. The Kier molecular flexibility index (Phi) is 5.04. The molecule has 1 amide bonds. The fourth-order valence-electron chi connectivity index (χ4n) is 4.03. The second kappa shape index (κ2) is 7.52. The minimum Gasteiger partial charge on any atom is -0.394 e. The van der Waals surface area contributed by atoms with Gasteiger partial charge in [0.2, 0.25) is 0 Å². The molecule has 1 atom stereocenters. The number of carbonyl (C=O) groups is 1. The fourth-order valence-corrected chi connectivity index (χ4v) is 4.03. The number of aliphatic hydroxyl groups is 1. The summed E-state index contributed by atoms with van der Waals surface area (Å²) in [5.41, 5.74) is 7.22. The summed E-state index contributed by atoms with van der Waals surface area (Å²) in [6, 6.07) is 8.05. The third-order valence-electron chi connectivity index (χ3n) is 6.21. The van der Waals surface area contributed by atoms with Crippen molar-refractivity contribution in [2.24, 2.45) is 0 Å². The maximum Gasteiger partial charge on any atom is 0.272 e. The smallest absolute Gasteiger partial charge is 0.272 e. The summed E-state index contributed by atoms with van der Waals surface area (Å²) in [6.07, 6.45) is 0.838. The van der Waals surface area contributed by atoms with Crippen LogP contribution in [-0.4, -0.2) is 45.1 Å². The molecule has 0 bridgehead atoms. The summed E-state index contributed by atoms with van der Waals surface area (Å²) < 4.78 is 0. The van der Waals surface area contributed by atoms with Crippen LogP contribution in [0.25, 0.3) is 10.9 Å². The molecule has 1 aliphatic rings. The summed E-state index contributed by atoms with van der Waals surface area (Å²) >= 11 is 0. The van der Waals surface area contributed by atoms with E-state index < -0.39 is 0 Å². The molecule has 1 unspecified atom stereocenters. The van der Waals surface area contributed by atoms with Crippen molar-refractivity contribution in [1.29, 1.82) is 0 Å². The number of benzene rings is 1. The number of likely N-dealkylation sites (tertiary alicyclic amines) is 1. The van der Waals surface area contributed by atoms with Crippen LogP contribution in [0.4, 0.5) is 5.82 Å². The van der Waals surface area contributed by atoms with Crippen molar-refractivity contribution >= 4 is 22.6 Å². The molecular formula is C23H28N4O2. The molecule has 2 aromatic heterocycles. The molecule has 152 valence electrons. The van der Waals surface area contributed by atoms with Gasteiger partial charge in [0.1, 0.15) is 5.69 Å². The first-order chi connectivity index (χ1) is 13.9. The molecule has 4 rings (SSSR count). The highest BCUT2D eigenvalue weighted by atomic mass is 16.3. The second-order valence-electron chi connectivity index (χ2n) is 8.00. The maximum atomic E-state index is 13.0. The Bertz CT molecular complexity index is 1060. The van der Waals surface area contributed by atoms with Crippen molar-refractivity contribution in [3.05, 3.63) is 57.9 Å². The average molecular weight is 393 g/mol. The standard InChI is InChI=1S/C23H28N4O2/c1-13-6-5-7-14(2)19(13)11-24-22-21-18(15(3)16(4)25-21)10-20(26-22)23(29)27-9-8-17(27)12-28/h5-7,10,17,25,28H,8-9,11-12H2,1-4H3,(H,24,26). The number of anilines is 1. The molecule has 29 heavy (non-hydrogen) atoms. The highest BCUT2D eigenvalue weighted by Gasteiger charge is 2.33. The second-order valence-corrected chi connectivity index (χ2v) is 8.00. The largest absolute Gasteiger partial charge is 0.394 e. The number of nitrogens with one attached hydrogen (secondary N) is 2. The number of rotatable bonds is 5. The van der Waals surface area contributed by atoms with E-state index in [4.69, 9.17) is 0 Å². The van der Waals surface area contributed by atoms with Crippen LogP contribution in [-0.2, 0) is 6.54 Å². The van der Waals surface area contributed by atoms with Gasteiger partial charge in [0.05, 0.1) is 18.2 Å². The highest BCUT2D eigenvalue weighted by molar-refractivity contribution is 6.01. The quantitative estimate of drug-likeness (QED) is 0.619. The Hall–Kier alpha value is -2.86. The van der Waals surface area contributed by atoms with Gasteiger partial charge in [-0.1, -0.05) is 18.2 Å². The van der Waals surface area contributed by atoms with Crippen LogP contribution in [0.5, 0.6) is 0 Å². The summed E-state index contributed by atoms with van der Waals surface area (Å²) in [6.45, 7) is 9.59. The number of aromatic nitrogens is 2. The summed E-state index contributed by atoms with van der Waals surface area (Å²) in [5, 5.41) is 13.9. The molecule has 6 heteroatoms. The zero-order chi connectivity index (χ0) is 20.7. The predicted octanol–water partition coefficient (Wildman–Crippen LogP) is 3.62. The van der Waals surface area contributed by atoms with E-state index in [0.717, 1.165) is 28.6 Å². The Morgan fingerprint density at radius 3 is 2.62 bits per heavy atom.